The molecule has 134 valence electrons. The van der Waals surface area contributed by atoms with E-state index in [1.807, 2.05) is 6.07 Å². The van der Waals surface area contributed by atoms with Crippen LogP contribution in [0, 0.1) is 0 Å². The Morgan fingerprint density at radius 2 is 1.80 bits per heavy atom. The largest absolute Gasteiger partial charge is 0.493 e. The molecule has 2 aromatic carbocycles. The Labute approximate surface area is 151 Å². The maximum Gasteiger partial charge on any atom is 0.160 e. The topological polar surface area (TPSA) is 21.7 Å². The molecule has 1 atom stereocenters. The minimum absolute atomic E-state index is 0.588. The number of ether oxygens (including phenoxy) is 2. The van der Waals surface area contributed by atoms with Crippen LogP contribution < -0.4 is 9.47 Å². The number of methoxy groups -OCH3 is 2. The monoisotopic (exact) mass is 339 g/mol. The van der Waals surface area contributed by atoms with Gasteiger partial charge < -0.3 is 14.4 Å². The fourth-order valence-corrected chi connectivity index (χ4v) is 3.79. The summed E-state index contributed by atoms with van der Waals surface area (Å²) in [6, 6.07) is 17.2. The van der Waals surface area contributed by atoms with E-state index in [-0.39, 0.29) is 0 Å². The predicted octanol–water partition coefficient (Wildman–Crippen LogP) is 4.52. The highest BCUT2D eigenvalue weighted by molar-refractivity contribution is 5.44. The molecule has 0 spiro atoms. The first-order valence-corrected chi connectivity index (χ1v) is 9.28. The van der Waals surface area contributed by atoms with Gasteiger partial charge in [0.1, 0.15) is 0 Å². The number of hydrogen-bond acceptors (Lipinski definition) is 3. The van der Waals surface area contributed by atoms with Gasteiger partial charge in [-0.05, 0) is 68.0 Å². The van der Waals surface area contributed by atoms with E-state index < -0.39 is 0 Å². The van der Waals surface area contributed by atoms with E-state index in [0.717, 1.165) is 18.0 Å². The third kappa shape index (κ3) is 4.76. The number of rotatable bonds is 7. The van der Waals surface area contributed by atoms with E-state index in [2.05, 4.69) is 47.4 Å². The van der Waals surface area contributed by atoms with Gasteiger partial charge in [0.05, 0.1) is 14.2 Å². The van der Waals surface area contributed by atoms with Crippen molar-refractivity contribution in [1.82, 2.24) is 4.90 Å². The third-order valence-corrected chi connectivity index (χ3v) is 5.17. The van der Waals surface area contributed by atoms with E-state index in [1.165, 1.54) is 49.9 Å². The Morgan fingerprint density at radius 1 is 1.00 bits per heavy atom. The molecule has 3 nitrogen and oxygen atoms in total. The number of hydrogen-bond donors (Lipinski definition) is 0. The maximum atomic E-state index is 5.47. The summed E-state index contributed by atoms with van der Waals surface area (Å²) < 4.78 is 10.8. The Bertz CT molecular complexity index is 656. The smallest absolute Gasteiger partial charge is 0.160 e. The van der Waals surface area contributed by atoms with Gasteiger partial charge in [0.2, 0.25) is 0 Å². The number of piperidine rings is 1. The summed E-state index contributed by atoms with van der Waals surface area (Å²) in [4.78, 5) is 2.62. The average Bonchev–Trinajstić information content (AvgIpc) is 2.68. The second kappa shape index (κ2) is 8.91. The Kier molecular flexibility index (Phi) is 6.35. The second-order valence-corrected chi connectivity index (χ2v) is 6.84. The van der Waals surface area contributed by atoms with Crippen LogP contribution in [-0.2, 0) is 6.42 Å². The van der Waals surface area contributed by atoms with Crippen LogP contribution in [0.4, 0.5) is 0 Å². The van der Waals surface area contributed by atoms with E-state index in [0.29, 0.717) is 5.92 Å². The van der Waals surface area contributed by atoms with Crippen LogP contribution in [-0.4, -0.2) is 38.8 Å². The van der Waals surface area contributed by atoms with Crippen LogP contribution in [0.5, 0.6) is 11.5 Å². The summed E-state index contributed by atoms with van der Waals surface area (Å²) in [5.74, 6) is 2.23. The van der Waals surface area contributed by atoms with Crippen molar-refractivity contribution in [2.75, 3.05) is 33.9 Å². The molecule has 0 aromatic heterocycles. The van der Waals surface area contributed by atoms with E-state index >= 15 is 0 Å². The van der Waals surface area contributed by atoms with E-state index in [1.54, 1.807) is 14.2 Å². The fourth-order valence-electron chi connectivity index (χ4n) is 3.79. The molecule has 1 aliphatic heterocycles. The highest BCUT2D eigenvalue weighted by atomic mass is 16.5. The molecule has 0 N–H and O–H groups in total. The summed E-state index contributed by atoms with van der Waals surface area (Å²) >= 11 is 0. The Balaban J connectivity index is 1.55. The lowest BCUT2D eigenvalue weighted by atomic mass is 9.90. The van der Waals surface area contributed by atoms with Gasteiger partial charge in [-0.3, -0.25) is 0 Å². The molecule has 1 saturated heterocycles. The molecule has 3 rings (SSSR count). The second-order valence-electron chi connectivity index (χ2n) is 6.84. The summed E-state index contributed by atoms with van der Waals surface area (Å²) in [6.07, 6.45) is 4.91. The molecule has 1 heterocycles. The molecule has 0 amide bonds. The van der Waals surface area contributed by atoms with Crippen molar-refractivity contribution < 1.29 is 9.47 Å². The highest BCUT2D eigenvalue weighted by Gasteiger charge is 2.22. The molecule has 2 aromatic rings. The summed E-state index contributed by atoms with van der Waals surface area (Å²) in [6.45, 7) is 3.54. The molecule has 0 bridgehead atoms. The molecule has 0 radical (unpaired) electrons. The van der Waals surface area contributed by atoms with E-state index in [9.17, 15) is 0 Å². The number of benzene rings is 2. The molecule has 1 unspecified atom stereocenters. The van der Waals surface area contributed by atoms with Crippen molar-refractivity contribution in [2.24, 2.45) is 0 Å². The zero-order chi connectivity index (χ0) is 17.5. The van der Waals surface area contributed by atoms with Crippen LogP contribution in [0.2, 0.25) is 0 Å². The maximum absolute atomic E-state index is 5.47. The summed E-state index contributed by atoms with van der Waals surface area (Å²) in [7, 11) is 3.39. The van der Waals surface area contributed by atoms with Gasteiger partial charge in [0.25, 0.3) is 0 Å². The molecule has 25 heavy (non-hydrogen) atoms. The van der Waals surface area contributed by atoms with Crippen LogP contribution in [0.1, 0.15) is 36.3 Å². The van der Waals surface area contributed by atoms with Crippen molar-refractivity contribution in [3.8, 4) is 11.5 Å². The molecule has 0 aliphatic carbocycles. The molecular formula is C22H29NO2. The van der Waals surface area contributed by atoms with Gasteiger partial charge >= 0.3 is 0 Å². The van der Waals surface area contributed by atoms with Crippen LogP contribution in [0.15, 0.2) is 48.5 Å². The zero-order valence-electron chi connectivity index (χ0n) is 15.4. The van der Waals surface area contributed by atoms with Gasteiger partial charge in [-0.25, -0.2) is 0 Å². The quantitative estimate of drug-likeness (QED) is 0.740. The number of likely N-dealkylation sites (tertiary alicyclic amines) is 1. The van der Waals surface area contributed by atoms with Gasteiger partial charge in [-0.2, -0.15) is 0 Å². The zero-order valence-corrected chi connectivity index (χ0v) is 15.4. The van der Waals surface area contributed by atoms with Crippen LogP contribution >= 0.6 is 0 Å². The lowest BCUT2D eigenvalue weighted by Gasteiger charge is -2.33. The van der Waals surface area contributed by atoms with Crippen molar-refractivity contribution in [1.29, 1.82) is 0 Å². The van der Waals surface area contributed by atoms with Crippen LogP contribution in [0.25, 0.3) is 0 Å². The summed E-state index contributed by atoms with van der Waals surface area (Å²) in [5.41, 5.74) is 2.81. The van der Waals surface area contributed by atoms with Gasteiger partial charge in [-0.1, -0.05) is 36.4 Å². The van der Waals surface area contributed by atoms with Crippen molar-refractivity contribution in [3.05, 3.63) is 59.7 Å². The van der Waals surface area contributed by atoms with Crippen molar-refractivity contribution in [3.63, 3.8) is 0 Å². The molecule has 0 saturated carbocycles. The minimum Gasteiger partial charge on any atom is -0.493 e. The first-order chi connectivity index (χ1) is 12.3. The first-order valence-electron chi connectivity index (χ1n) is 9.28. The first kappa shape index (κ1) is 17.8. The molecule has 1 fully saturated rings. The fraction of sp³-hybridized carbons (Fsp3) is 0.455. The lowest BCUT2D eigenvalue weighted by Crippen LogP contribution is -2.35. The average molecular weight is 339 g/mol. The minimum atomic E-state index is 0.588. The summed E-state index contributed by atoms with van der Waals surface area (Å²) in [5, 5.41) is 0. The predicted molar refractivity (Wildman–Crippen MR) is 103 cm³/mol. The van der Waals surface area contributed by atoms with Crippen molar-refractivity contribution in [2.45, 2.75) is 31.6 Å². The van der Waals surface area contributed by atoms with Crippen LogP contribution in [0.3, 0.4) is 0 Å². The van der Waals surface area contributed by atoms with Gasteiger partial charge in [0, 0.05) is 6.54 Å². The van der Waals surface area contributed by atoms with Gasteiger partial charge in [-0.15, -0.1) is 0 Å². The van der Waals surface area contributed by atoms with Gasteiger partial charge in [0.15, 0.2) is 11.5 Å². The molecule has 1 aliphatic rings. The number of nitrogens with zero attached hydrogens (tertiary/aromatic N) is 1. The lowest BCUT2D eigenvalue weighted by molar-refractivity contribution is 0.205. The third-order valence-electron chi connectivity index (χ3n) is 5.17. The highest BCUT2D eigenvalue weighted by Crippen LogP contribution is 2.34. The van der Waals surface area contributed by atoms with E-state index in [4.69, 9.17) is 9.47 Å². The molecular weight excluding hydrogens is 310 g/mol. The molecule has 3 heteroatoms. The van der Waals surface area contributed by atoms with Crippen molar-refractivity contribution >= 4 is 0 Å². The normalized spacial score (nSPS) is 18.1. The standard InChI is InChI=1S/C22H29NO2/c1-24-21-13-12-19(16-22(21)25-2)20-11-7-15-23(17-20)14-6-10-18-8-4-3-5-9-18/h3-5,8-9,12-13,16,20H,6-7,10-11,14-15,17H2,1-2H3. The Hall–Kier alpha value is -2.00. The SMILES string of the molecule is COc1ccc(C2CCCN(CCCc3ccccc3)C2)cc1OC. The Morgan fingerprint density at radius 3 is 2.56 bits per heavy atom. The number of aryl methyl sites for hydroxylation is 1.